The number of fused-ring (bicyclic) bond motifs is 1. The third-order valence-corrected chi connectivity index (χ3v) is 6.78. The molecule has 1 aliphatic heterocycles. The number of hydrogen-bond acceptors (Lipinski definition) is 4. The molecule has 0 saturated carbocycles. The predicted octanol–water partition coefficient (Wildman–Crippen LogP) is 4.29. The maximum Gasteiger partial charge on any atom is 0.329 e. The third kappa shape index (κ3) is 3.18. The Hall–Kier alpha value is -0.950. The van der Waals surface area contributed by atoms with Gasteiger partial charge in [-0.3, -0.25) is 4.79 Å². The molecule has 4 nitrogen and oxygen atoms in total. The number of thiophene rings is 1. The molecule has 0 aliphatic carbocycles. The van der Waals surface area contributed by atoms with Crippen molar-refractivity contribution in [3.05, 3.63) is 33.1 Å². The van der Waals surface area contributed by atoms with E-state index in [0.717, 1.165) is 10.1 Å². The number of amides is 1. The summed E-state index contributed by atoms with van der Waals surface area (Å²) in [6.45, 7) is 0. The van der Waals surface area contributed by atoms with Crippen molar-refractivity contribution < 1.29 is 14.7 Å². The van der Waals surface area contributed by atoms with Gasteiger partial charge < -0.3 is 10.4 Å². The quantitative estimate of drug-likeness (QED) is 0.821. The second kappa shape index (κ2) is 6.51. The molecule has 1 aromatic carbocycles. The summed E-state index contributed by atoms with van der Waals surface area (Å²) < 4.78 is 0.802. The summed E-state index contributed by atoms with van der Waals surface area (Å²) >= 11 is 15.2. The average Bonchev–Trinajstić information content (AvgIpc) is 2.84. The van der Waals surface area contributed by atoms with Crippen molar-refractivity contribution in [3.63, 3.8) is 0 Å². The minimum absolute atomic E-state index is 0.322. The van der Waals surface area contributed by atoms with Crippen LogP contribution >= 0.6 is 46.3 Å². The highest BCUT2D eigenvalue weighted by Gasteiger charge is 2.42. The fraction of sp³-hybridized carbons (Fsp3) is 0.333. The molecule has 1 aromatic heterocycles. The Morgan fingerprint density at radius 3 is 2.57 bits per heavy atom. The van der Waals surface area contributed by atoms with Gasteiger partial charge in [-0.05, 0) is 36.5 Å². The predicted molar refractivity (Wildman–Crippen MR) is 96.2 cm³/mol. The maximum atomic E-state index is 12.6. The van der Waals surface area contributed by atoms with Gasteiger partial charge in [0.1, 0.15) is 10.4 Å². The third-order valence-electron chi connectivity index (χ3n) is 3.91. The summed E-state index contributed by atoms with van der Waals surface area (Å²) in [5, 5.41) is 13.9. The van der Waals surface area contributed by atoms with Crippen LogP contribution in [0.2, 0.25) is 10.0 Å². The Bertz CT molecular complexity index is 784. The van der Waals surface area contributed by atoms with Crippen LogP contribution in [0.4, 0.5) is 0 Å². The van der Waals surface area contributed by atoms with Crippen LogP contribution in [0.25, 0.3) is 10.1 Å². The molecule has 0 unspecified atom stereocenters. The molecule has 1 amide bonds. The first-order valence-electron chi connectivity index (χ1n) is 6.94. The molecular formula is C15H13Cl2NO3S2. The van der Waals surface area contributed by atoms with Crippen LogP contribution in [0.15, 0.2) is 18.2 Å². The van der Waals surface area contributed by atoms with Gasteiger partial charge in [-0.25, -0.2) is 4.79 Å². The van der Waals surface area contributed by atoms with Gasteiger partial charge in [0.15, 0.2) is 0 Å². The number of rotatable bonds is 3. The molecule has 1 saturated heterocycles. The van der Waals surface area contributed by atoms with Crippen LogP contribution < -0.4 is 5.32 Å². The van der Waals surface area contributed by atoms with Gasteiger partial charge in [0.25, 0.3) is 5.91 Å². The van der Waals surface area contributed by atoms with E-state index < -0.39 is 17.4 Å². The van der Waals surface area contributed by atoms with Crippen LogP contribution in [0.1, 0.15) is 22.5 Å². The summed E-state index contributed by atoms with van der Waals surface area (Å²) in [4.78, 5) is 24.6. The Morgan fingerprint density at radius 2 is 1.91 bits per heavy atom. The first-order chi connectivity index (χ1) is 10.9. The van der Waals surface area contributed by atoms with Crippen LogP contribution in [0, 0.1) is 0 Å². The normalized spacial score (nSPS) is 17.1. The number of hydrogen-bond donors (Lipinski definition) is 2. The minimum Gasteiger partial charge on any atom is -0.480 e. The number of carboxylic acid groups (broad SMARTS) is 1. The van der Waals surface area contributed by atoms with Crippen molar-refractivity contribution in [1.82, 2.24) is 5.32 Å². The topological polar surface area (TPSA) is 66.4 Å². The zero-order valence-corrected chi connectivity index (χ0v) is 15.0. The number of halogens is 2. The molecule has 1 fully saturated rings. The van der Waals surface area contributed by atoms with Gasteiger partial charge in [-0.1, -0.05) is 29.3 Å². The van der Waals surface area contributed by atoms with Gasteiger partial charge in [0.05, 0.1) is 5.02 Å². The fourth-order valence-electron chi connectivity index (χ4n) is 2.57. The number of benzene rings is 1. The average molecular weight is 390 g/mol. The second-order valence-corrected chi connectivity index (χ2v) is 8.43. The van der Waals surface area contributed by atoms with Gasteiger partial charge >= 0.3 is 5.97 Å². The fourth-order valence-corrected chi connectivity index (χ4v) is 5.45. The molecule has 2 N–H and O–H groups in total. The maximum absolute atomic E-state index is 12.6. The lowest BCUT2D eigenvalue weighted by atomic mass is 9.92. The van der Waals surface area contributed by atoms with E-state index in [-0.39, 0.29) is 0 Å². The summed E-state index contributed by atoms with van der Waals surface area (Å²) in [6.07, 6.45) is 0.820. The molecule has 122 valence electrons. The minimum atomic E-state index is -1.21. The molecule has 3 rings (SSSR count). The van der Waals surface area contributed by atoms with E-state index >= 15 is 0 Å². The summed E-state index contributed by atoms with van der Waals surface area (Å²) in [5.74, 6) is -0.0157. The van der Waals surface area contributed by atoms with E-state index in [2.05, 4.69) is 5.32 Å². The molecule has 2 aromatic rings. The van der Waals surface area contributed by atoms with Gasteiger partial charge in [0.2, 0.25) is 0 Å². The zero-order chi connectivity index (χ0) is 16.6. The van der Waals surface area contributed by atoms with E-state index in [4.69, 9.17) is 23.2 Å². The lowest BCUT2D eigenvalue weighted by Gasteiger charge is -2.33. The van der Waals surface area contributed by atoms with E-state index in [1.807, 2.05) is 0 Å². The number of carboxylic acids is 1. The van der Waals surface area contributed by atoms with Crippen molar-refractivity contribution in [3.8, 4) is 0 Å². The van der Waals surface area contributed by atoms with Crippen LogP contribution in [0.3, 0.4) is 0 Å². The number of aliphatic carboxylic acids is 1. The second-order valence-electron chi connectivity index (χ2n) is 5.34. The summed E-state index contributed by atoms with van der Waals surface area (Å²) in [6, 6.07) is 5.22. The first-order valence-corrected chi connectivity index (χ1v) is 9.67. The molecular weight excluding hydrogens is 377 g/mol. The van der Waals surface area contributed by atoms with Gasteiger partial charge in [0, 0.05) is 15.1 Å². The highest BCUT2D eigenvalue weighted by Crippen LogP contribution is 2.37. The highest BCUT2D eigenvalue weighted by molar-refractivity contribution is 7.99. The van der Waals surface area contributed by atoms with Crippen LogP contribution in [-0.4, -0.2) is 34.0 Å². The number of thioether (sulfide) groups is 1. The van der Waals surface area contributed by atoms with Gasteiger partial charge in [-0.15, -0.1) is 11.3 Å². The van der Waals surface area contributed by atoms with Crippen LogP contribution in [0.5, 0.6) is 0 Å². The van der Waals surface area contributed by atoms with Crippen molar-refractivity contribution in [2.75, 3.05) is 11.5 Å². The lowest BCUT2D eigenvalue weighted by molar-refractivity contribution is -0.144. The monoisotopic (exact) mass is 389 g/mol. The Kier molecular flexibility index (Phi) is 4.78. The molecule has 0 atom stereocenters. The molecule has 2 heterocycles. The van der Waals surface area contributed by atoms with Crippen molar-refractivity contribution >= 4 is 68.3 Å². The number of nitrogens with one attached hydrogen (secondary N) is 1. The first kappa shape index (κ1) is 16.9. The molecule has 1 aliphatic rings. The highest BCUT2D eigenvalue weighted by atomic mass is 35.5. The smallest absolute Gasteiger partial charge is 0.329 e. The zero-order valence-electron chi connectivity index (χ0n) is 11.9. The Balaban J connectivity index is 1.93. The van der Waals surface area contributed by atoms with Crippen molar-refractivity contribution in [1.29, 1.82) is 0 Å². The molecule has 0 bridgehead atoms. The van der Waals surface area contributed by atoms with E-state index in [0.29, 0.717) is 39.3 Å². The van der Waals surface area contributed by atoms with E-state index in [9.17, 15) is 14.7 Å². The van der Waals surface area contributed by atoms with Crippen LogP contribution in [-0.2, 0) is 4.79 Å². The van der Waals surface area contributed by atoms with Crippen molar-refractivity contribution in [2.24, 2.45) is 0 Å². The van der Waals surface area contributed by atoms with Gasteiger partial charge in [-0.2, -0.15) is 11.8 Å². The summed E-state index contributed by atoms with van der Waals surface area (Å²) in [5.41, 5.74) is -1.21. The summed E-state index contributed by atoms with van der Waals surface area (Å²) in [7, 11) is 0. The number of carbonyl (C=O) groups is 2. The van der Waals surface area contributed by atoms with E-state index in [1.54, 1.807) is 30.0 Å². The lowest BCUT2D eigenvalue weighted by Crippen LogP contribution is -2.56. The molecule has 0 radical (unpaired) electrons. The largest absolute Gasteiger partial charge is 0.480 e. The SMILES string of the molecule is O=C(NC1(C(=O)O)CCSCC1)c1sc2cc(Cl)ccc2c1Cl. The number of carbonyl (C=O) groups excluding carboxylic acids is 1. The van der Waals surface area contributed by atoms with E-state index in [1.165, 1.54) is 11.3 Å². The molecule has 0 spiro atoms. The van der Waals surface area contributed by atoms with Crippen molar-refractivity contribution in [2.45, 2.75) is 18.4 Å². The Morgan fingerprint density at radius 1 is 1.22 bits per heavy atom. The molecule has 23 heavy (non-hydrogen) atoms. The standard InChI is InChI=1S/C15H13Cl2NO3S2/c16-8-1-2-9-10(7-8)23-12(11(9)17)13(19)18-15(14(20)21)3-5-22-6-4-15/h1-2,7H,3-6H2,(H,18,19)(H,20,21). The Labute approximate surface area is 151 Å². The molecule has 8 heteroatoms.